The van der Waals surface area contributed by atoms with Gasteiger partial charge in [-0.1, -0.05) is 54.6 Å². The maximum Gasteiger partial charge on any atom is 0.252 e. The third kappa shape index (κ3) is 3.08. The van der Waals surface area contributed by atoms with Crippen molar-refractivity contribution >= 4 is 16.7 Å². The van der Waals surface area contributed by atoms with Crippen molar-refractivity contribution in [2.75, 3.05) is 0 Å². The maximum atomic E-state index is 13.2. The van der Waals surface area contributed by atoms with E-state index in [9.17, 15) is 9.90 Å². The van der Waals surface area contributed by atoms with E-state index in [1.54, 1.807) is 12.4 Å². The van der Waals surface area contributed by atoms with Crippen molar-refractivity contribution in [2.24, 2.45) is 0 Å². The highest BCUT2D eigenvalue weighted by Crippen LogP contribution is 2.33. The summed E-state index contributed by atoms with van der Waals surface area (Å²) in [6.45, 7) is 0. The summed E-state index contributed by atoms with van der Waals surface area (Å²) in [5.41, 5.74) is 4.80. The monoisotopic (exact) mass is 380 g/mol. The first-order valence-electron chi connectivity index (χ1n) is 9.71. The minimum atomic E-state index is -0.612. The van der Waals surface area contributed by atoms with Crippen LogP contribution in [-0.2, 0) is 6.42 Å². The van der Waals surface area contributed by atoms with E-state index >= 15 is 0 Å². The number of carbonyl (C=O) groups excluding carboxylic acids is 1. The molecule has 0 aliphatic heterocycles. The van der Waals surface area contributed by atoms with Crippen molar-refractivity contribution in [1.29, 1.82) is 0 Å². The van der Waals surface area contributed by atoms with Crippen molar-refractivity contribution in [3.8, 4) is 11.1 Å². The Bertz CT molecular complexity index is 1200. The minimum absolute atomic E-state index is 0.178. The summed E-state index contributed by atoms with van der Waals surface area (Å²) in [6.07, 6.45) is 3.48. The van der Waals surface area contributed by atoms with Gasteiger partial charge in [-0.2, -0.15) is 0 Å². The fourth-order valence-electron chi connectivity index (χ4n) is 4.25. The summed E-state index contributed by atoms with van der Waals surface area (Å²) in [4.78, 5) is 17.3. The fraction of sp³-hybridized carbons (Fsp3) is 0.120. The lowest BCUT2D eigenvalue weighted by atomic mass is 9.95. The number of hydrogen-bond acceptors (Lipinski definition) is 3. The number of aromatic nitrogens is 1. The maximum absolute atomic E-state index is 13.2. The van der Waals surface area contributed by atoms with Gasteiger partial charge in [0.15, 0.2) is 0 Å². The van der Waals surface area contributed by atoms with Crippen molar-refractivity contribution in [2.45, 2.75) is 18.6 Å². The smallest absolute Gasteiger partial charge is 0.252 e. The average molecular weight is 380 g/mol. The first-order valence-corrected chi connectivity index (χ1v) is 9.71. The SMILES string of the molecule is O=C(N[C@@H]1c2ccccc2C[C@@H]1O)c1ccc(-c2ccncc2)c2ccccc12. The van der Waals surface area contributed by atoms with Crippen molar-refractivity contribution in [3.63, 3.8) is 0 Å². The van der Waals surface area contributed by atoms with Gasteiger partial charge in [-0.25, -0.2) is 0 Å². The second-order valence-electron chi connectivity index (χ2n) is 7.36. The van der Waals surface area contributed by atoms with Crippen LogP contribution in [0.3, 0.4) is 0 Å². The Hall–Kier alpha value is -3.50. The topological polar surface area (TPSA) is 62.2 Å². The number of rotatable bonds is 3. The Morgan fingerprint density at radius 2 is 1.62 bits per heavy atom. The molecular formula is C25H20N2O2. The molecule has 1 aromatic heterocycles. The zero-order chi connectivity index (χ0) is 19.8. The number of nitrogens with one attached hydrogen (secondary N) is 1. The number of fused-ring (bicyclic) bond motifs is 2. The van der Waals surface area contributed by atoms with Gasteiger partial charge in [0.25, 0.3) is 5.91 Å². The Morgan fingerprint density at radius 1 is 0.897 bits per heavy atom. The van der Waals surface area contributed by atoms with Crippen LogP contribution in [-0.4, -0.2) is 22.1 Å². The second kappa shape index (κ2) is 7.15. The largest absolute Gasteiger partial charge is 0.390 e. The highest BCUT2D eigenvalue weighted by molar-refractivity contribution is 6.11. The molecule has 142 valence electrons. The predicted molar refractivity (Wildman–Crippen MR) is 114 cm³/mol. The first kappa shape index (κ1) is 17.6. The Labute approximate surface area is 168 Å². The van der Waals surface area contributed by atoms with Gasteiger partial charge in [0.2, 0.25) is 0 Å². The number of aliphatic hydroxyl groups is 1. The van der Waals surface area contributed by atoms with Gasteiger partial charge in [0.1, 0.15) is 0 Å². The molecule has 0 saturated heterocycles. The highest BCUT2D eigenvalue weighted by atomic mass is 16.3. The molecule has 2 atom stereocenters. The van der Waals surface area contributed by atoms with Gasteiger partial charge in [-0.05, 0) is 51.2 Å². The van der Waals surface area contributed by atoms with E-state index in [1.165, 1.54) is 0 Å². The molecule has 4 heteroatoms. The van der Waals surface area contributed by atoms with Gasteiger partial charge in [0.05, 0.1) is 12.1 Å². The highest BCUT2D eigenvalue weighted by Gasteiger charge is 2.32. The molecule has 3 aromatic carbocycles. The molecule has 1 aliphatic carbocycles. The van der Waals surface area contributed by atoms with E-state index < -0.39 is 12.1 Å². The van der Waals surface area contributed by atoms with Gasteiger partial charge in [-0.15, -0.1) is 0 Å². The lowest BCUT2D eigenvalue weighted by Gasteiger charge is -2.19. The Kier molecular flexibility index (Phi) is 4.34. The predicted octanol–water partition coefficient (Wildman–Crippen LogP) is 4.29. The van der Waals surface area contributed by atoms with E-state index in [0.717, 1.165) is 33.0 Å². The van der Waals surface area contributed by atoms with Gasteiger partial charge < -0.3 is 10.4 Å². The molecular weight excluding hydrogens is 360 g/mol. The molecule has 0 bridgehead atoms. The normalized spacial score (nSPS) is 17.8. The van der Waals surface area contributed by atoms with E-state index in [0.29, 0.717) is 12.0 Å². The molecule has 0 saturated carbocycles. The minimum Gasteiger partial charge on any atom is -0.390 e. The van der Waals surface area contributed by atoms with Crippen LogP contribution >= 0.6 is 0 Å². The molecule has 1 aliphatic rings. The quantitative estimate of drug-likeness (QED) is 0.557. The third-order valence-electron chi connectivity index (χ3n) is 5.65. The number of aliphatic hydroxyl groups excluding tert-OH is 1. The second-order valence-corrected chi connectivity index (χ2v) is 7.36. The van der Waals surface area contributed by atoms with E-state index in [4.69, 9.17) is 0 Å². The standard InChI is InChI=1S/C25H20N2O2/c28-23-15-17-5-1-2-6-19(17)24(23)27-25(29)22-10-9-18(16-11-13-26-14-12-16)20-7-3-4-8-21(20)22/h1-14,23-24,28H,15H2,(H,27,29)/t23-,24+/m0/s1. The number of amides is 1. The van der Waals surface area contributed by atoms with Crippen molar-refractivity contribution < 1.29 is 9.90 Å². The lowest BCUT2D eigenvalue weighted by molar-refractivity contribution is 0.0860. The molecule has 4 nitrogen and oxygen atoms in total. The number of hydrogen-bond donors (Lipinski definition) is 2. The van der Waals surface area contributed by atoms with Gasteiger partial charge in [-0.3, -0.25) is 9.78 Å². The van der Waals surface area contributed by atoms with Crippen molar-refractivity contribution in [3.05, 3.63) is 102 Å². The third-order valence-corrected chi connectivity index (χ3v) is 5.65. The zero-order valence-corrected chi connectivity index (χ0v) is 15.7. The number of benzene rings is 3. The van der Waals surface area contributed by atoms with Crippen LogP contribution in [0.15, 0.2) is 85.2 Å². The molecule has 2 N–H and O–H groups in total. The summed E-state index contributed by atoms with van der Waals surface area (Å²) in [5, 5.41) is 15.4. The summed E-state index contributed by atoms with van der Waals surface area (Å²) < 4.78 is 0. The van der Waals surface area contributed by atoms with Crippen molar-refractivity contribution in [1.82, 2.24) is 10.3 Å². The molecule has 0 radical (unpaired) electrons. The Balaban J connectivity index is 1.54. The molecule has 0 unspecified atom stereocenters. The molecule has 29 heavy (non-hydrogen) atoms. The molecule has 1 amide bonds. The first-order chi connectivity index (χ1) is 14.2. The molecule has 5 rings (SSSR count). The Morgan fingerprint density at radius 3 is 2.45 bits per heavy atom. The van der Waals surface area contributed by atoms with Crippen LogP contribution in [0.2, 0.25) is 0 Å². The van der Waals surface area contributed by atoms with Crippen LogP contribution < -0.4 is 5.32 Å². The summed E-state index contributed by atoms with van der Waals surface area (Å²) in [7, 11) is 0. The zero-order valence-electron chi connectivity index (χ0n) is 15.7. The number of carbonyl (C=O) groups is 1. The van der Waals surface area contributed by atoms with Crippen LogP contribution in [0, 0.1) is 0 Å². The van der Waals surface area contributed by atoms with E-state index in [-0.39, 0.29) is 5.91 Å². The molecule has 0 fully saturated rings. The fourth-order valence-corrected chi connectivity index (χ4v) is 4.25. The summed E-state index contributed by atoms with van der Waals surface area (Å²) in [6, 6.07) is 23.2. The molecule has 1 heterocycles. The molecule has 4 aromatic rings. The van der Waals surface area contributed by atoms with Crippen LogP contribution in [0.4, 0.5) is 0 Å². The summed E-state index contributed by atoms with van der Waals surface area (Å²) >= 11 is 0. The van der Waals surface area contributed by atoms with E-state index in [1.807, 2.05) is 72.8 Å². The lowest BCUT2D eigenvalue weighted by Crippen LogP contribution is -2.34. The number of pyridine rings is 1. The van der Waals surface area contributed by atoms with Crippen LogP contribution in [0.1, 0.15) is 27.5 Å². The van der Waals surface area contributed by atoms with E-state index in [2.05, 4.69) is 10.3 Å². The van der Waals surface area contributed by atoms with Gasteiger partial charge >= 0.3 is 0 Å². The molecule has 0 spiro atoms. The average Bonchev–Trinajstić information content (AvgIpc) is 3.08. The van der Waals surface area contributed by atoms with Gasteiger partial charge in [0, 0.05) is 24.4 Å². The number of nitrogens with zero attached hydrogens (tertiary/aromatic N) is 1. The van der Waals surface area contributed by atoms with Crippen LogP contribution in [0.5, 0.6) is 0 Å². The van der Waals surface area contributed by atoms with Crippen LogP contribution in [0.25, 0.3) is 21.9 Å². The summed E-state index contributed by atoms with van der Waals surface area (Å²) in [5.74, 6) is -0.178.